The average molecular weight is 231 g/mol. The van der Waals surface area contributed by atoms with Crippen molar-refractivity contribution in [3.05, 3.63) is 15.8 Å². The Morgan fingerprint density at radius 2 is 2.33 bits per heavy atom. The molecule has 0 unspecified atom stereocenters. The number of carboxylic acid groups (broad SMARTS) is 1. The molecule has 0 saturated heterocycles. The molecule has 1 aromatic rings. The third-order valence-electron chi connectivity index (χ3n) is 1.65. The third kappa shape index (κ3) is 2.46. The van der Waals surface area contributed by atoms with E-state index in [-0.39, 0.29) is 11.6 Å². The molecule has 82 valence electrons. The molecule has 7 nitrogen and oxygen atoms in total. The first-order valence-electron chi connectivity index (χ1n) is 3.96. The molecule has 0 aliphatic heterocycles. The van der Waals surface area contributed by atoms with Gasteiger partial charge in [-0.15, -0.1) is 16.4 Å². The molecule has 0 aliphatic carbocycles. The van der Waals surface area contributed by atoms with Gasteiger partial charge in [0.2, 0.25) is 0 Å². The molecule has 0 bridgehead atoms. The lowest BCUT2D eigenvalue weighted by atomic mass is 10.5. The van der Waals surface area contributed by atoms with E-state index >= 15 is 0 Å². The highest BCUT2D eigenvalue weighted by Gasteiger charge is 2.23. The number of hydrogen-bond acceptors (Lipinski definition) is 5. The molecule has 0 aliphatic rings. The van der Waals surface area contributed by atoms with Gasteiger partial charge in [0, 0.05) is 0 Å². The van der Waals surface area contributed by atoms with Gasteiger partial charge < -0.3 is 15.2 Å². The van der Waals surface area contributed by atoms with Crippen molar-refractivity contribution in [2.45, 2.75) is 11.8 Å². The number of aliphatic carboxylic acids is 1. The van der Waals surface area contributed by atoms with Crippen LogP contribution in [0.2, 0.25) is 0 Å². The summed E-state index contributed by atoms with van der Waals surface area (Å²) in [5.41, 5.74) is 0.468. The van der Waals surface area contributed by atoms with E-state index in [4.69, 9.17) is 5.11 Å². The molecular weight excluding hydrogens is 222 g/mol. The Morgan fingerprint density at radius 1 is 1.73 bits per heavy atom. The number of aryl methyl sites for hydroxylation is 2. The minimum atomic E-state index is -1.02. The van der Waals surface area contributed by atoms with Gasteiger partial charge in [-0.25, -0.2) is 0 Å². The number of nitro groups is 1. The van der Waals surface area contributed by atoms with E-state index in [1.54, 1.807) is 6.92 Å². The number of thioether (sulfide) groups is 1. The summed E-state index contributed by atoms with van der Waals surface area (Å²) in [5, 5.41) is 23.0. The van der Waals surface area contributed by atoms with Gasteiger partial charge in [-0.2, -0.15) is 0 Å². The Kier molecular flexibility index (Phi) is 3.30. The molecule has 15 heavy (non-hydrogen) atoms. The average Bonchev–Trinajstić information content (AvgIpc) is 2.37. The van der Waals surface area contributed by atoms with Crippen LogP contribution >= 0.6 is 11.8 Å². The van der Waals surface area contributed by atoms with Gasteiger partial charge in [-0.05, 0) is 11.8 Å². The lowest BCUT2D eigenvalue weighted by Crippen LogP contribution is -2.01. The molecule has 0 spiro atoms. The van der Waals surface area contributed by atoms with Crippen LogP contribution in [-0.4, -0.2) is 31.5 Å². The van der Waals surface area contributed by atoms with Crippen LogP contribution in [0.5, 0.6) is 0 Å². The summed E-state index contributed by atoms with van der Waals surface area (Å²) >= 11 is 0.906. The predicted molar refractivity (Wildman–Crippen MR) is 53.0 cm³/mol. The number of nitrogens with zero attached hydrogens (tertiary/aromatic N) is 3. The number of carboxylic acids is 1. The van der Waals surface area contributed by atoms with E-state index in [9.17, 15) is 14.9 Å². The van der Waals surface area contributed by atoms with Gasteiger partial charge in [-0.3, -0.25) is 4.79 Å². The number of carbonyl (C=O) groups is 1. The predicted octanol–water partition coefficient (Wildman–Crippen LogP) is 0.813. The quantitative estimate of drug-likeness (QED) is 0.467. The molecule has 1 N–H and O–H groups in total. The molecule has 0 aromatic carbocycles. The Labute approximate surface area is 89.2 Å². The molecule has 0 saturated carbocycles. The second-order valence-corrected chi connectivity index (χ2v) is 3.79. The van der Waals surface area contributed by atoms with Crippen molar-refractivity contribution in [1.82, 2.24) is 9.78 Å². The minimum absolute atomic E-state index is 0.168. The zero-order chi connectivity index (χ0) is 11.6. The summed E-state index contributed by atoms with van der Waals surface area (Å²) in [5.74, 6) is -1.40. The first kappa shape index (κ1) is 11.5. The van der Waals surface area contributed by atoms with Crippen LogP contribution < -0.4 is 0 Å². The molecule has 8 heteroatoms. The van der Waals surface area contributed by atoms with E-state index < -0.39 is 10.9 Å². The maximum Gasteiger partial charge on any atom is 0.358 e. The Hall–Kier alpha value is -1.57. The van der Waals surface area contributed by atoms with Crippen molar-refractivity contribution in [1.29, 1.82) is 0 Å². The fourth-order valence-electron chi connectivity index (χ4n) is 1.13. The lowest BCUT2D eigenvalue weighted by Gasteiger charge is -1.97. The normalized spacial score (nSPS) is 10.3. The number of hydrogen-bond donors (Lipinski definition) is 1. The second kappa shape index (κ2) is 4.30. The summed E-state index contributed by atoms with van der Waals surface area (Å²) < 4.78 is 1.14. The molecule has 0 atom stereocenters. The molecule has 0 radical (unpaired) electrons. The van der Waals surface area contributed by atoms with Gasteiger partial charge in [0.15, 0.2) is 0 Å². The first-order valence-corrected chi connectivity index (χ1v) is 4.94. The van der Waals surface area contributed by atoms with Crippen molar-refractivity contribution in [3.63, 3.8) is 0 Å². The summed E-state index contributed by atoms with van der Waals surface area (Å²) in [6.45, 7) is 1.61. The molecule has 1 heterocycles. The maximum atomic E-state index is 10.7. The second-order valence-electron chi connectivity index (χ2n) is 2.80. The van der Waals surface area contributed by atoms with Crippen LogP contribution in [-0.2, 0) is 11.8 Å². The standard InChI is InChI=1S/C7H9N3O4S/c1-4-6(15-3-5(11)12)7(10(13)14)9(2)8-4/h3H2,1-2H3,(H,11,12). The van der Waals surface area contributed by atoms with Crippen LogP contribution in [0.3, 0.4) is 0 Å². The van der Waals surface area contributed by atoms with Gasteiger partial charge in [0.25, 0.3) is 0 Å². The highest BCUT2D eigenvalue weighted by Crippen LogP contribution is 2.31. The molecule has 1 rings (SSSR count). The number of rotatable bonds is 4. The van der Waals surface area contributed by atoms with Gasteiger partial charge in [-0.1, -0.05) is 5.10 Å². The van der Waals surface area contributed by atoms with Crippen molar-refractivity contribution in [2.24, 2.45) is 7.05 Å². The SMILES string of the molecule is Cc1nn(C)c([N+](=O)[O-])c1SCC(=O)O. The Morgan fingerprint density at radius 3 is 2.80 bits per heavy atom. The smallest absolute Gasteiger partial charge is 0.358 e. The van der Waals surface area contributed by atoms with E-state index in [0.717, 1.165) is 16.4 Å². The molecule has 1 aromatic heterocycles. The number of aromatic nitrogens is 2. The van der Waals surface area contributed by atoms with Crippen molar-refractivity contribution >= 4 is 23.5 Å². The summed E-state index contributed by atoms with van der Waals surface area (Å²) in [6, 6.07) is 0. The fraction of sp³-hybridized carbons (Fsp3) is 0.429. The van der Waals surface area contributed by atoms with Crippen molar-refractivity contribution in [3.8, 4) is 0 Å². The fourth-order valence-corrected chi connectivity index (χ4v) is 1.98. The van der Waals surface area contributed by atoms with E-state index in [1.165, 1.54) is 7.05 Å². The Balaban J connectivity index is 3.04. The van der Waals surface area contributed by atoms with Crippen LogP contribution in [0.25, 0.3) is 0 Å². The Bertz CT molecular complexity index is 415. The zero-order valence-corrected chi connectivity index (χ0v) is 8.95. The summed E-state index contributed by atoms with van der Waals surface area (Å²) in [6.07, 6.45) is 0. The molecular formula is C7H9N3O4S. The highest BCUT2D eigenvalue weighted by molar-refractivity contribution is 8.00. The highest BCUT2D eigenvalue weighted by atomic mass is 32.2. The molecule has 0 fully saturated rings. The van der Waals surface area contributed by atoms with Crippen LogP contribution in [0, 0.1) is 17.0 Å². The van der Waals surface area contributed by atoms with E-state index in [2.05, 4.69) is 5.10 Å². The maximum absolute atomic E-state index is 10.7. The lowest BCUT2D eigenvalue weighted by molar-refractivity contribution is -0.395. The monoisotopic (exact) mass is 231 g/mol. The first-order chi connectivity index (χ1) is 6.93. The van der Waals surface area contributed by atoms with E-state index in [1.807, 2.05) is 0 Å². The third-order valence-corrected chi connectivity index (χ3v) is 2.81. The van der Waals surface area contributed by atoms with Crippen molar-refractivity contribution < 1.29 is 14.8 Å². The van der Waals surface area contributed by atoms with Crippen LogP contribution in [0.15, 0.2) is 4.90 Å². The van der Waals surface area contributed by atoms with Crippen LogP contribution in [0.1, 0.15) is 5.69 Å². The van der Waals surface area contributed by atoms with Gasteiger partial charge in [0.1, 0.15) is 17.6 Å². The van der Waals surface area contributed by atoms with Gasteiger partial charge >= 0.3 is 11.8 Å². The summed E-state index contributed by atoms with van der Waals surface area (Å²) in [7, 11) is 1.45. The largest absolute Gasteiger partial charge is 0.481 e. The van der Waals surface area contributed by atoms with E-state index in [0.29, 0.717) is 10.6 Å². The zero-order valence-electron chi connectivity index (χ0n) is 8.13. The van der Waals surface area contributed by atoms with Crippen LogP contribution in [0.4, 0.5) is 5.82 Å². The van der Waals surface area contributed by atoms with Gasteiger partial charge in [0.05, 0.1) is 5.75 Å². The van der Waals surface area contributed by atoms with Crippen molar-refractivity contribution in [2.75, 3.05) is 5.75 Å². The topological polar surface area (TPSA) is 98.3 Å². The summed E-state index contributed by atoms with van der Waals surface area (Å²) in [4.78, 5) is 20.8. The molecule has 0 amide bonds. The minimum Gasteiger partial charge on any atom is -0.481 e.